The van der Waals surface area contributed by atoms with Crippen LogP contribution < -0.4 is 9.92 Å². The van der Waals surface area contributed by atoms with Crippen LogP contribution in [0, 0.1) is 0 Å². The molecule has 1 atom stereocenters. The van der Waals surface area contributed by atoms with Crippen LogP contribution in [0.2, 0.25) is 0 Å². The van der Waals surface area contributed by atoms with Gasteiger partial charge in [0.1, 0.15) is 5.75 Å². The number of hydrogen-bond acceptors (Lipinski definition) is 4. The summed E-state index contributed by atoms with van der Waals surface area (Å²) in [6, 6.07) is 6.83. The summed E-state index contributed by atoms with van der Waals surface area (Å²) in [5, 5.41) is -0.537. The van der Waals surface area contributed by atoms with Crippen molar-refractivity contribution in [3.05, 3.63) is 42.0 Å². The first-order chi connectivity index (χ1) is 8.99. The molecule has 0 aliphatic carbocycles. The van der Waals surface area contributed by atoms with Gasteiger partial charge in [-0.15, -0.1) is 0 Å². The Morgan fingerprint density at radius 2 is 2.16 bits per heavy atom. The van der Waals surface area contributed by atoms with Crippen LogP contribution in [0.15, 0.2) is 36.4 Å². The average molecular weight is 283 g/mol. The van der Waals surface area contributed by atoms with Gasteiger partial charge in [0.15, 0.2) is 0 Å². The Morgan fingerprint density at radius 1 is 1.42 bits per heavy atom. The van der Waals surface area contributed by atoms with Crippen LogP contribution in [0.4, 0.5) is 0 Å². The highest BCUT2D eigenvalue weighted by Crippen LogP contribution is 2.19. The second kappa shape index (κ2) is 7.31. The molecule has 1 rings (SSSR count). The molecule has 0 heterocycles. The van der Waals surface area contributed by atoms with Gasteiger partial charge in [0.05, 0.1) is 5.25 Å². The van der Waals surface area contributed by atoms with Crippen LogP contribution in [0.25, 0.3) is 0 Å². The molecule has 4 nitrogen and oxygen atoms in total. The maximum atomic E-state index is 12.0. The smallest absolute Gasteiger partial charge is 0.311 e. The van der Waals surface area contributed by atoms with Crippen LogP contribution in [0.1, 0.15) is 32.3 Å². The van der Waals surface area contributed by atoms with Crippen molar-refractivity contribution >= 4 is 10.1 Å². The molecule has 0 saturated heterocycles. The van der Waals surface area contributed by atoms with E-state index in [-0.39, 0.29) is 0 Å². The van der Waals surface area contributed by atoms with Crippen molar-refractivity contribution in [1.29, 1.82) is 0 Å². The first-order valence-corrected chi connectivity index (χ1v) is 7.80. The second-order valence-corrected chi connectivity index (χ2v) is 6.34. The van der Waals surface area contributed by atoms with Gasteiger partial charge in [-0.3, -0.25) is 0 Å². The Morgan fingerprint density at radius 3 is 2.79 bits per heavy atom. The van der Waals surface area contributed by atoms with Gasteiger partial charge in [-0.2, -0.15) is 8.42 Å². The lowest BCUT2D eigenvalue weighted by Gasteiger charge is -2.13. The molecule has 0 aromatic heterocycles. The van der Waals surface area contributed by atoms with E-state index in [4.69, 9.17) is 9.92 Å². The highest BCUT2D eigenvalue weighted by atomic mass is 32.2. The van der Waals surface area contributed by atoms with Crippen molar-refractivity contribution in [1.82, 2.24) is 0 Å². The van der Waals surface area contributed by atoms with Crippen molar-refractivity contribution in [3.63, 3.8) is 0 Å². The number of hydrogen-bond donors (Lipinski definition) is 1. The van der Waals surface area contributed by atoms with Gasteiger partial charge in [0.2, 0.25) is 0 Å². The van der Waals surface area contributed by atoms with E-state index in [2.05, 4.69) is 0 Å². The Hall–Kier alpha value is -1.33. The van der Waals surface area contributed by atoms with Gasteiger partial charge in [-0.1, -0.05) is 24.3 Å². The lowest BCUT2D eigenvalue weighted by atomic mass is 10.2. The summed E-state index contributed by atoms with van der Waals surface area (Å²) in [6.07, 6.45) is 5.12. The van der Waals surface area contributed by atoms with E-state index in [0.717, 1.165) is 12.0 Å². The molecular weight excluding hydrogens is 262 g/mol. The van der Waals surface area contributed by atoms with E-state index in [1.54, 1.807) is 25.1 Å². The van der Waals surface area contributed by atoms with Gasteiger partial charge in [-0.25, -0.2) is 0 Å². The Kier molecular flexibility index (Phi) is 6.05. The summed E-state index contributed by atoms with van der Waals surface area (Å²) in [6.45, 7) is 3.92. The quantitative estimate of drug-likeness (QED) is 0.617. The fourth-order valence-corrected chi connectivity index (χ4v) is 2.54. The molecular formula is C14H21NO3S. The summed E-state index contributed by atoms with van der Waals surface area (Å²) in [4.78, 5) is 0. The minimum atomic E-state index is -3.59. The van der Waals surface area contributed by atoms with Gasteiger partial charge in [0.25, 0.3) is 0 Å². The van der Waals surface area contributed by atoms with E-state index in [9.17, 15) is 8.42 Å². The molecule has 0 bridgehead atoms. The standard InChI is InChI=1S/C14H21NO3S/c1-3-4-5-7-12(2)19(16,17)18-14-9-6-8-13(10-14)11-15/h3-4,6,8-10,12H,5,7,11,15H2,1-2H3. The Balaban J connectivity index is 2.72. The van der Waals surface area contributed by atoms with Crippen LogP contribution in [-0.4, -0.2) is 13.7 Å². The van der Waals surface area contributed by atoms with Crippen LogP contribution in [0.3, 0.4) is 0 Å². The maximum Gasteiger partial charge on any atom is 0.311 e. The second-order valence-electron chi connectivity index (χ2n) is 4.38. The molecule has 0 aliphatic rings. The third kappa shape index (κ3) is 5.04. The molecule has 0 saturated carbocycles. The SMILES string of the molecule is CC=CCCC(C)S(=O)(=O)Oc1cccc(CN)c1. The molecule has 1 aromatic carbocycles. The monoisotopic (exact) mass is 283 g/mol. The highest BCUT2D eigenvalue weighted by Gasteiger charge is 2.22. The predicted molar refractivity (Wildman–Crippen MR) is 77.4 cm³/mol. The van der Waals surface area contributed by atoms with Crippen molar-refractivity contribution in [2.24, 2.45) is 5.73 Å². The summed E-state index contributed by atoms with van der Waals surface area (Å²) < 4.78 is 29.2. The largest absolute Gasteiger partial charge is 0.382 e. The van der Waals surface area contributed by atoms with E-state index < -0.39 is 15.4 Å². The zero-order valence-corrected chi connectivity index (χ0v) is 12.2. The number of rotatable bonds is 7. The van der Waals surface area contributed by atoms with Crippen LogP contribution in [-0.2, 0) is 16.7 Å². The summed E-state index contributed by atoms with van der Waals surface area (Å²) >= 11 is 0. The third-order valence-corrected chi connectivity index (χ3v) is 4.46. The van der Waals surface area contributed by atoms with Gasteiger partial charge < -0.3 is 9.92 Å². The molecule has 0 amide bonds. The molecule has 1 unspecified atom stereocenters. The van der Waals surface area contributed by atoms with E-state index in [1.807, 2.05) is 25.1 Å². The van der Waals surface area contributed by atoms with Crippen molar-refractivity contribution in [2.45, 2.75) is 38.5 Å². The first kappa shape index (κ1) is 15.7. The lowest BCUT2D eigenvalue weighted by molar-refractivity contribution is 0.470. The van der Waals surface area contributed by atoms with E-state index in [0.29, 0.717) is 18.7 Å². The molecule has 0 radical (unpaired) electrons. The van der Waals surface area contributed by atoms with Gasteiger partial charge in [0, 0.05) is 6.54 Å². The third-order valence-electron chi connectivity index (χ3n) is 2.81. The zero-order chi connectivity index (χ0) is 14.3. The molecule has 19 heavy (non-hydrogen) atoms. The normalized spacial score (nSPS) is 13.6. The van der Waals surface area contributed by atoms with Crippen LogP contribution >= 0.6 is 0 Å². The number of allylic oxidation sites excluding steroid dienone is 2. The first-order valence-electron chi connectivity index (χ1n) is 6.33. The predicted octanol–water partition coefficient (Wildman–Crippen LogP) is 2.60. The summed E-state index contributed by atoms with van der Waals surface area (Å²) in [7, 11) is -3.59. The zero-order valence-electron chi connectivity index (χ0n) is 11.4. The molecule has 0 fully saturated rings. The molecule has 106 valence electrons. The van der Waals surface area contributed by atoms with Crippen molar-refractivity contribution in [2.75, 3.05) is 0 Å². The Bertz CT molecular complexity index is 523. The minimum absolute atomic E-state index is 0.320. The summed E-state index contributed by atoms with van der Waals surface area (Å²) in [5.74, 6) is 0.320. The minimum Gasteiger partial charge on any atom is -0.382 e. The fraction of sp³-hybridized carbons (Fsp3) is 0.429. The lowest BCUT2D eigenvalue weighted by Crippen LogP contribution is -2.23. The number of benzene rings is 1. The average Bonchev–Trinajstić information content (AvgIpc) is 2.38. The van der Waals surface area contributed by atoms with Gasteiger partial charge in [-0.05, 0) is 44.4 Å². The Labute approximate surface area is 115 Å². The van der Waals surface area contributed by atoms with E-state index in [1.165, 1.54) is 0 Å². The van der Waals surface area contributed by atoms with Crippen LogP contribution in [0.5, 0.6) is 5.75 Å². The molecule has 1 aromatic rings. The molecule has 5 heteroatoms. The maximum absolute atomic E-state index is 12.0. The topological polar surface area (TPSA) is 69.4 Å². The van der Waals surface area contributed by atoms with Crippen molar-refractivity contribution in [3.8, 4) is 5.75 Å². The molecule has 0 spiro atoms. The highest BCUT2D eigenvalue weighted by molar-refractivity contribution is 7.87. The van der Waals surface area contributed by atoms with Gasteiger partial charge >= 0.3 is 10.1 Å². The molecule has 0 aliphatic heterocycles. The summed E-state index contributed by atoms with van der Waals surface area (Å²) in [5.41, 5.74) is 6.35. The van der Waals surface area contributed by atoms with E-state index >= 15 is 0 Å². The molecule has 2 N–H and O–H groups in total. The van der Waals surface area contributed by atoms with Crippen molar-refractivity contribution < 1.29 is 12.6 Å². The number of nitrogens with two attached hydrogens (primary N) is 1. The fourth-order valence-electron chi connectivity index (χ4n) is 1.58.